The van der Waals surface area contributed by atoms with Gasteiger partial charge in [0.05, 0.1) is 17.2 Å². The highest BCUT2D eigenvalue weighted by molar-refractivity contribution is 7.09. The highest BCUT2D eigenvalue weighted by Crippen LogP contribution is 2.36. The molecule has 1 aromatic rings. The molecule has 0 aromatic carbocycles. The molecule has 0 atom stereocenters. The van der Waals surface area contributed by atoms with Crippen LogP contribution in [0.25, 0.3) is 0 Å². The number of rotatable bonds is 4. The number of carbonyl (C=O) groups excluding carboxylic acids is 1. The van der Waals surface area contributed by atoms with Crippen LogP contribution >= 0.6 is 11.3 Å². The number of amides is 1. The van der Waals surface area contributed by atoms with Gasteiger partial charge in [-0.2, -0.15) is 0 Å². The maximum Gasteiger partial charge on any atom is 0.226 e. The smallest absolute Gasteiger partial charge is 0.226 e. The van der Waals surface area contributed by atoms with Crippen molar-refractivity contribution in [1.29, 1.82) is 0 Å². The third-order valence-corrected chi connectivity index (χ3v) is 4.02. The zero-order valence-corrected chi connectivity index (χ0v) is 10.3. The molecule has 1 amide bonds. The fourth-order valence-electron chi connectivity index (χ4n) is 1.99. The first kappa shape index (κ1) is 10.3. The van der Waals surface area contributed by atoms with Crippen molar-refractivity contribution in [3.05, 3.63) is 16.1 Å². The Morgan fingerprint density at radius 2 is 2.25 bits per heavy atom. The molecule has 0 radical (unpaired) electrons. The molecule has 0 spiro atoms. The Kier molecular flexibility index (Phi) is 2.46. The molecular formula is C12H16N2OS. The number of hydrogen-bond donors (Lipinski definition) is 0. The van der Waals surface area contributed by atoms with Crippen molar-refractivity contribution in [2.45, 2.75) is 45.2 Å². The van der Waals surface area contributed by atoms with E-state index < -0.39 is 0 Å². The minimum atomic E-state index is 0.334. The zero-order valence-electron chi connectivity index (χ0n) is 9.48. The SMILES string of the molecule is Cc1nc(CN(C(=O)C2CC2)C2CC2)cs1. The number of carbonyl (C=O) groups is 1. The molecule has 0 saturated heterocycles. The molecule has 0 unspecified atom stereocenters. The second-order valence-corrected chi connectivity index (χ2v) is 5.89. The molecule has 2 fully saturated rings. The van der Waals surface area contributed by atoms with E-state index in [1.165, 1.54) is 12.8 Å². The molecule has 3 nitrogen and oxygen atoms in total. The van der Waals surface area contributed by atoms with Gasteiger partial charge in [0.2, 0.25) is 5.91 Å². The van der Waals surface area contributed by atoms with Crippen LogP contribution in [0.4, 0.5) is 0 Å². The minimum Gasteiger partial charge on any atom is -0.334 e. The monoisotopic (exact) mass is 236 g/mol. The van der Waals surface area contributed by atoms with Gasteiger partial charge in [0.25, 0.3) is 0 Å². The molecule has 2 saturated carbocycles. The maximum atomic E-state index is 12.1. The topological polar surface area (TPSA) is 33.2 Å². The molecule has 2 aliphatic rings. The summed E-state index contributed by atoms with van der Waals surface area (Å²) in [6.07, 6.45) is 4.56. The molecular weight excluding hydrogens is 220 g/mol. The maximum absolute atomic E-state index is 12.1. The summed E-state index contributed by atoms with van der Waals surface area (Å²) >= 11 is 1.67. The third-order valence-electron chi connectivity index (χ3n) is 3.20. The summed E-state index contributed by atoms with van der Waals surface area (Å²) in [7, 11) is 0. The highest BCUT2D eigenvalue weighted by Gasteiger charge is 2.40. The summed E-state index contributed by atoms with van der Waals surface area (Å²) in [4.78, 5) is 18.6. The lowest BCUT2D eigenvalue weighted by molar-refractivity contribution is -0.133. The molecule has 3 rings (SSSR count). The summed E-state index contributed by atoms with van der Waals surface area (Å²) in [5, 5.41) is 3.16. The Hall–Kier alpha value is -0.900. The van der Waals surface area contributed by atoms with Crippen molar-refractivity contribution in [3.63, 3.8) is 0 Å². The fourth-order valence-corrected chi connectivity index (χ4v) is 2.60. The van der Waals surface area contributed by atoms with Crippen molar-refractivity contribution in [2.75, 3.05) is 0 Å². The second kappa shape index (κ2) is 3.84. The van der Waals surface area contributed by atoms with Crippen LogP contribution in [0.5, 0.6) is 0 Å². The molecule has 0 bridgehead atoms. The van der Waals surface area contributed by atoms with Crippen LogP contribution in [-0.2, 0) is 11.3 Å². The molecule has 1 heterocycles. The van der Waals surface area contributed by atoms with Gasteiger partial charge in [0, 0.05) is 17.3 Å². The van der Waals surface area contributed by atoms with E-state index in [9.17, 15) is 4.79 Å². The van der Waals surface area contributed by atoms with Crippen molar-refractivity contribution >= 4 is 17.2 Å². The van der Waals surface area contributed by atoms with Gasteiger partial charge in [-0.25, -0.2) is 4.98 Å². The predicted molar refractivity (Wildman–Crippen MR) is 63.1 cm³/mol. The number of hydrogen-bond acceptors (Lipinski definition) is 3. The molecule has 16 heavy (non-hydrogen) atoms. The fraction of sp³-hybridized carbons (Fsp3) is 0.667. The van der Waals surface area contributed by atoms with Crippen LogP contribution in [0, 0.1) is 12.8 Å². The van der Waals surface area contributed by atoms with Crippen molar-refractivity contribution in [3.8, 4) is 0 Å². The van der Waals surface area contributed by atoms with Crippen LogP contribution in [-0.4, -0.2) is 21.8 Å². The summed E-state index contributed by atoms with van der Waals surface area (Å²) in [5.74, 6) is 0.702. The number of nitrogens with zero attached hydrogens (tertiary/aromatic N) is 2. The number of aromatic nitrogens is 1. The first-order valence-electron chi connectivity index (χ1n) is 5.95. The predicted octanol–water partition coefficient (Wildman–Crippen LogP) is 2.35. The molecule has 0 N–H and O–H groups in total. The van der Waals surface area contributed by atoms with Crippen molar-refractivity contribution < 1.29 is 4.79 Å². The zero-order chi connectivity index (χ0) is 11.1. The Morgan fingerprint density at radius 3 is 2.75 bits per heavy atom. The Bertz CT molecular complexity index is 407. The van der Waals surface area contributed by atoms with Gasteiger partial charge in [-0.1, -0.05) is 0 Å². The summed E-state index contributed by atoms with van der Waals surface area (Å²) in [6.45, 7) is 2.74. The van der Waals surface area contributed by atoms with Crippen LogP contribution in [0.1, 0.15) is 36.4 Å². The first-order chi connectivity index (χ1) is 7.74. The van der Waals surface area contributed by atoms with Gasteiger partial charge < -0.3 is 4.90 Å². The highest BCUT2D eigenvalue weighted by atomic mass is 32.1. The average Bonchev–Trinajstić information content (AvgIpc) is 3.13. The average molecular weight is 236 g/mol. The summed E-state index contributed by atoms with van der Waals surface area (Å²) in [5.41, 5.74) is 1.06. The summed E-state index contributed by atoms with van der Waals surface area (Å²) in [6, 6.07) is 0.509. The lowest BCUT2D eigenvalue weighted by Gasteiger charge is -2.21. The lowest BCUT2D eigenvalue weighted by atomic mass is 10.3. The van der Waals surface area contributed by atoms with E-state index in [0.29, 0.717) is 17.9 Å². The van der Waals surface area contributed by atoms with Crippen LogP contribution in [0.15, 0.2) is 5.38 Å². The quantitative estimate of drug-likeness (QED) is 0.804. The molecule has 2 aliphatic carbocycles. The van der Waals surface area contributed by atoms with E-state index in [1.807, 2.05) is 6.92 Å². The van der Waals surface area contributed by atoms with Crippen LogP contribution in [0.2, 0.25) is 0 Å². The molecule has 86 valence electrons. The standard InChI is InChI=1S/C12H16N2OS/c1-8-13-10(7-16-8)6-14(11-4-5-11)12(15)9-2-3-9/h7,9,11H,2-6H2,1H3. The molecule has 4 heteroatoms. The third kappa shape index (κ3) is 2.12. The second-order valence-electron chi connectivity index (χ2n) is 4.83. The number of aryl methyl sites for hydroxylation is 1. The normalized spacial score (nSPS) is 19.8. The van der Waals surface area contributed by atoms with Crippen LogP contribution in [0.3, 0.4) is 0 Å². The largest absolute Gasteiger partial charge is 0.334 e. The minimum absolute atomic E-state index is 0.334. The molecule has 1 aromatic heterocycles. The van der Waals surface area contributed by atoms with Crippen molar-refractivity contribution in [1.82, 2.24) is 9.88 Å². The van der Waals surface area contributed by atoms with Gasteiger partial charge >= 0.3 is 0 Å². The summed E-state index contributed by atoms with van der Waals surface area (Å²) < 4.78 is 0. The van der Waals surface area contributed by atoms with Gasteiger partial charge in [0.15, 0.2) is 0 Å². The number of thiazole rings is 1. The Morgan fingerprint density at radius 1 is 1.50 bits per heavy atom. The van der Waals surface area contributed by atoms with E-state index in [-0.39, 0.29) is 0 Å². The van der Waals surface area contributed by atoms with Gasteiger partial charge in [-0.05, 0) is 32.6 Å². The Balaban J connectivity index is 1.70. The van der Waals surface area contributed by atoms with Crippen molar-refractivity contribution in [2.24, 2.45) is 5.92 Å². The van der Waals surface area contributed by atoms with Crippen LogP contribution < -0.4 is 0 Å². The van der Waals surface area contributed by atoms with Gasteiger partial charge in [-0.3, -0.25) is 4.79 Å². The van der Waals surface area contributed by atoms with E-state index >= 15 is 0 Å². The lowest BCUT2D eigenvalue weighted by Crippen LogP contribution is -2.33. The Labute approximate surface area is 99.5 Å². The van der Waals surface area contributed by atoms with Gasteiger partial charge in [0.1, 0.15) is 0 Å². The van der Waals surface area contributed by atoms with E-state index in [4.69, 9.17) is 0 Å². The van der Waals surface area contributed by atoms with E-state index in [2.05, 4.69) is 15.3 Å². The first-order valence-corrected chi connectivity index (χ1v) is 6.83. The van der Waals surface area contributed by atoms with E-state index in [1.54, 1.807) is 11.3 Å². The van der Waals surface area contributed by atoms with E-state index in [0.717, 1.165) is 30.1 Å². The molecule has 0 aliphatic heterocycles. The van der Waals surface area contributed by atoms with Gasteiger partial charge in [-0.15, -0.1) is 11.3 Å².